The van der Waals surface area contributed by atoms with Crippen LogP contribution >= 0.6 is 0 Å². The van der Waals surface area contributed by atoms with Crippen molar-refractivity contribution in [1.29, 1.82) is 0 Å². The predicted molar refractivity (Wildman–Crippen MR) is 289 cm³/mol. The molecule has 23 heteroatoms. The number of nitrogens with one attached hydrogen (secondary N) is 6. The van der Waals surface area contributed by atoms with Crippen LogP contribution in [0.2, 0.25) is 0 Å². The molecule has 2 aromatic heterocycles. The minimum absolute atomic E-state index is 0.0559. The largest absolute Gasteiger partial charge is 0.463 e. The number of aromatic amines is 2. The molecule has 1 saturated heterocycles. The third-order valence-corrected chi connectivity index (χ3v) is 12.6. The normalized spacial score (nSPS) is 14.7. The summed E-state index contributed by atoms with van der Waals surface area (Å²) in [6.45, 7) is 4.09. The summed E-state index contributed by atoms with van der Waals surface area (Å²) in [6, 6.07) is 21.6. The number of alkyl halides is 6. The lowest BCUT2D eigenvalue weighted by Crippen LogP contribution is -2.49. The van der Waals surface area contributed by atoms with Crippen molar-refractivity contribution in [2.24, 2.45) is 17.6 Å². The third kappa shape index (κ3) is 19.6. The van der Waals surface area contributed by atoms with Crippen molar-refractivity contribution >= 4 is 47.3 Å². The highest BCUT2D eigenvalue weighted by atomic mass is 19.4. The Morgan fingerprint density at radius 1 is 0.707 bits per heavy atom. The molecule has 0 saturated carbocycles. The van der Waals surface area contributed by atoms with Gasteiger partial charge in [0.1, 0.15) is 11.7 Å². The van der Waals surface area contributed by atoms with Crippen LogP contribution in [0, 0.1) is 24.2 Å². The molecule has 5 aromatic rings. The standard InChI is InChI=1S/C31H32F3N3O5.C28H29F3N4O5/c1-2-42-29(40)17-13-22(12-16-28(35)39)36-30(41)21(18-20-8-4-3-5-9-20)19-27(38)26-15-14-25(37-26)23-10-6-7-11-24(23)31(32,33)34;1-3-7-22(26(38)33-18(10-13-24(36)40-4-2)16-17-14-15-32-25(17)37)35-27(39)23-12-11-21(34-23)19-8-5-6-9-20(19)28(29,30)31/h3-11,13-15,17,21-22,37H,2,12,16,18-19H2,1H3,(H2,35,39)(H,36,41);1,5-6,8-13,17-18,22,34H,4,7,14-16H2,2H3,(H,32,37)(H,33,38)(H,35,39)/b17-13+;13-10+/t21-,22+;17-,18+,22-/m10/s1. The predicted octanol–water partition coefficient (Wildman–Crippen LogP) is 7.95. The number of hydrogen-bond donors (Lipinski definition) is 7. The summed E-state index contributed by atoms with van der Waals surface area (Å²) in [5.74, 6) is -3.39. The molecule has 5 atom stereocenters. The van der Waals surface area contributed by atoms with E-state index in [-0.39, 0.29) is 91.5 Å². The number of nitrogens with two attached hydrogens (primary N) is 1. The number of Topliss-reactive ketones (excluding diaryl/α,β-unsaturated/α-hetero) is 1. The quantitative estimate of drug-likeness (QED) is 0.00975. The molecule has 3 heterocycles. The maximum absolute atomic E-state index is 13.5. The SMILES string of the molecule is C#CC[C@H](NC(=O)c1ccc(-c2ccccc2C(F)(F)F)[nH]1)C(=O)N[C@H](/C=C/C(=O)OCC)C[C@@H]1CCNC1=O.CCOC(=O)/C=C/[C@H](CCC(N)=O)NC(=O)[C@@H](CC(=O)c1ccc(-c2ccccc2C(F)(F)F)[nH]1)Cc1ccccc1. The van der Waals surface area contributed by atoms with Gasteiger partial charge in [-0.05, 0) is 81.5 Å². The van der Waals surface area contributed by atoms with Crippen molar-refractivity contribution in [3.05, 3.63) is 156 Å². The summed E-state index contributed by atoms with van der Waals surface area (Å²) in [5.41, 5.74) is 4.25. The Labute approximate surface area is 468 Å². The molecule has 0 radical (unpaired) electrons. The zero-order valence-electron chi connectivity index (χ0n) is 44.6. The van der Waals surface area contributed by atoms with Crippen molar-refractivity contribution in [3.63, 3.8) is 0 Å². The third-order valence-electron chi connectivity index (χ3n) is 12.6. The number of aromatic nitrogens is 2. The molecule has 6 rings (SSSR count). The fourth-order valence-electron chi connectivity index (χ4n) is 8.61. The van der Waals surface area contributed by atoms with E-state index in [1.165, 1.54) is 72.8 Å². The molecule has 1 aliphatic rings. The second-order valence-electron chi connectivity index (χ2n) is 18.6. The van der Waals surface area contributed by atoms with Crippen molar-refractivity contribution in [2.75, 3.05) is 19.8 Å². The molecule has 0 aliphatic carbocycles. The second-order valence-corrected chi connectivity index (χ2v) is 18.6. The number of ketones is 1. The molecule has 17 nitrogen and oxygen atoms in total. The molecular weight excluding hydrogens is 1080 g/mol. The highest BCUT2D eigenvalue weighted by Gasteiger charge is 2.36. The number of hydrogen-bond acceptors (Lipinski definition) is 10. The number of amides is 5. The molecular formula is C59H61F6N7O10. The smallest absolute Gasteiger partial charge is 0.417 e. The fraction of sp³-hybridized carbons (Fsp3) is 0.322. The van der Waals surface area contributed by atoms with Crippen molar-refractivity contribution < 1.29 is 74.2 Å². The highest BCUT2D eigenvalue weighted by Crippen LogP contribution is 2.38. The molecule has 1 aliphatic heterocycles. The van der Waals surface area contributed by atoms with Crippen LogP contribution in [0.5, 0.6) is 0 Å². The zero-order chi connectivity index (χ0) is 60.0. The van der Waals surface area contributed by atoms with Gasteiger partial charge >= 0.3 is 24.3 Å². The number of esters is 2. The van der Waals surface area contributed by atoms with E-state index in [9.17, 15) is 64.7 Å². The van der Waals surface area contributed by atoms with Gasteiger partial charge in [-0.1, -0.05) is 78.9 Å². The van der Waals surface area contributed by atoms with Crippen molar-refractivity contribution in [3.8, 4) is 34.9 Å². The van der Waals surface area contributed by atoms with Crippen molar-refractivity contribution in [2.45, 2.75) is 89.3 Å². The van der Waals surface area contributed by atoms with Crippen molar-refractivity contribution in [1.82, 2.24) is 31.2 Å². The topological polar surface area (TPSA) is 261 Å². The summed E-state index contributed by atoms with van der Waals surface area (Å²) in [6.07, 6.45) is 1.85. The molecule has 3 aromatic carbocycles. The van der Waals surface area contributed by atoms with E-state index in [1.54, 1.807) is 38.1 Å². The number of terminal acetylenes is 1. The maximum Gasteiger partial charge on any atom is 0.417 e. The van der Waals surface area contributed by atoms with Crippen LogP contribution in [0.15, 0.2) is 127 Å². The fourth-order valence-corrected chi connectivity index (χ4v) is 8.61. The summed E-state index contributed by atoms with van der Waals surface area (Å²) in [7, 11) is 0. The molecule has 82 heavy (non-hydrogen) atoms. The van der Waals surface area contributed by atoms with E-state index in [0.717, 1.165) is 29.8 Å². The van der Waals surface area contributed by atoms with Gasteiger partial charge in [-0.3, -0.25) is 28.8 Å². The number of carbonyl (C=O) groups is 8. The minimum atomic E-state index is -4.60. The lowest BCUT2D eigenvalue weighted by molar-refractivity contribution is -0.138. The van der Waals surface area contributed by atoms with E-state index in [4.69, 9.17) is 21.6 Å². The number of benzene rings is 3. The lowest BCUT2D eigenvalue weighted by Gasteiger charge is -2.22. The Kier molecular flexibility index (Phi) is 23.6. The number of H-pyrrole nitrogens is 2. The van der Waals surface area contributed by atoms with Crippen LogP contribution in [0.25, 0.3) is 22.5 Å². The van der Waals surface area contributed by atoms with Crippen LogP contribution < -0.4 is 27.0 Å². The Balaban J connectivity index is 0.000000301. The molecule has 1 fully saturated rings. The van der Waals surface area contributed by atoms with Gasteiger partial charge in [0.15, 0.2) is 5.78 Å². The van der Waals surface area contributed by atoms with E-state index < -0.39 is 94.8 Å². The lowest BCUT2D eigenvalue weighted by atomic mass is 9.92. The number of ether oxygens (including phenoxy) is 2. The van der Waals surface area contributed by atoms with Gasteiger partial charge < -0.3 is 46.4 Å². The average molecular weight is 1140 g/mol. The zero-order valence-corrected chi connectivity index (χ0v) is 44.6. The van der Waals surface area contributed by atoms with Crippen LogP contribution in [0.3, 0.4) is 0 Å². The molecule has 5 amide bonds. The summed E-state index contributed by atoms with van der Waals surface area (Å²) in [5, 5.41) is 10.7. The highest BCUT2D eigenvalue weighted by molar-refractivity contribution is 5.99. The Bertz CT molecular complexity index is 3140. The van der Waals surface area contributed by atoms with Crippen LogP contribution in [0.1, 0.15) is 90.0 Å². The second kappa shape index (κ2) is 30.4. The van der Waals surface area contributed by atoms with E-state index in [1.807, 2.05) is 6.07 Å². The van der Waals surface area contributed by atoms with Gasteiger partial charge in [0.2, 0.25) is 23.6 Å². The summed E-state index contributed by atoms with van der Waals surface area (Å²) < 4.78 is 90.6. The number of halogens is 6. The Hall–Kier alpha value is -9.20. The number of carbonyl (C=O) groups excluding carboxylic acids is 8. The Morgan fingerprint density at radius 3 is 1.76 bits per heavy atom. The first kappa shape index (κ1) is 63.6. The van der Waals surface area contributed by atoms with Gasteiger partial charge in [-0.15, -0.1) is 12.3 Å². The van der Waals surface area contributed by atoms with Gasteiger partial charge in [-0.25, -0.2) is 9.59 Å². The van der Waals surface area contributed by atoms with Crippen LogP contribution in [-0.4, -0.2) is 95.1 Å². The maximum atomic E-state index is 13.5. The molecule has 0 unspecified atom stereocenters. The Morgan fingerprint density at radius 2 is 1.23 bits per heavy atom. The summed E-state index contributed by atoms with van der Waals surface area (Å²) >= 11 is 0. The van der Waals surface area contributed by atoms with E-state index in [2.05, 4.69) is 37.2 Å². The molecule has 0 spiro atoms. The average Bonchev–Trinajstić information content (AvgIpc) is 4.42. The minimum Gasteiger partial charge on any atom is -0.463 e. The molecule has 8 N–H and O–H groups in total. The summed E-state index contributed by atoms with van der Waals surface area (Å²) in [4.78, 5) is 105. The molecule has 434 valence electrons. The first-order valence-electron chi connectivity index (χ1n) is 25.9. The van der Waals surface area contributed by atoms with Gasteiger partial charge in [0.05, 0.1) is 30.0 Å². The van der Waals surface area contributed by atoms with Crippen LogP contribution in [-0.2, 0) is 57.0 Å². The van der Waals surface area contributed by atoms with Crippen LogP contribution in [0.4, 0.5) is 26.3 Å². The van der Waals surface area contributed by atoms with E-state index >= 15 is 0 Å². The van der Waals surface area contributed by atoms with E-state index in [0.29, 0.717) is 13.0 Å². The first-order chi connectivity index (χ1) is 39.0. The van der Waals surface area contributed by atoms with Gasteiger partial charge in [-0.2, -0.15) is 26.3 Å². The monoisotopic (exact) mass is 1140 g/mol. The number of primary amides is 1. The number of rotatable bonds is 25. The van der Waals surface area contributed by atoms with Gasteiger partial charge in [0.25, 0.3) is 5.91 Å². The van der Waals surface area contributed by atoms with Gasteiger partial charge in [0, 0.05) is 84.4 Å². The first-order valence-corrected chi connectivity index (χ1v) is 25.9. The molecule has 0 bridgehead atoms.